The molecule has 1 rings (SSSR count). The molecule has 1 aromatic carbocycles. The van der Waals surface area contributed by atoms with Crippen LogP contribution in [0.3, 0.4) is 0 Å². The highest BCUT2D eigenvalue weighted by Gasteiger charge is 2.22. The van der Waals surface area contributed by atoms with Crippen molar-refractivity contribution in [2.45, 2.75) is 31.2 Å². The molecule has 0 spiro atoms. The predicted octanol–water partition coefficient (Wildman–Crippen LogP) is 1.56. The molecule has 0 fully saturated rings. The summed E-state index contributed by atoms with van der Waals surface area (Å²) in [5.41, 5.74) is 0. The van der Waals surface area contributed by atoms with E-state index < -0.39 is 22.0 Å². The van der Waals surface area contributed by atoms with Crippen LogP contribution < -0.4 is 14.8 Å². The second kappa shape index (κ2) is 9.83. The first-order valence-corrected chi connectivity index (χ1v) is 9.39. The summed E-state index contributed by atoms with van der Waals surface area (Å²) in [7, 11) is -2.30. The highest BCUT2D eigenvalue weighted by molar-refractivity contribution is 7.89. The first kappa shape index (κ1) is 20.7. The van der Waals surface area contributed by atoms with E-state index in [1.165, 1.54) is 25.1 Å². The third kappa shape index (κ3) is 6.27. The van der Waals surface area contributed by atoms with E-state index in [0.717, 1.165) is 0 Å². The number of benzene rings is 1. The minimum Gasteiger partial charge on any atom is -0.492 e. The number of hydrogen-bond acceptors (Lipinski definition) is 5. The minimum absolute atomic E-state index is 0.0324. The fourth-order valence-electron chi connectivity index (χ4n) is 1.86. The zero-order chi connectivity index (χ0) is 18.2. The molecule has 1 amide bonds. The maximum Gasteiger partial charge on any atom is 0.241 e. The largest absolute Gasteiger partial charge is 0.492 e. The number of halogens is 1. The van der Waals surface area contributed by atoms with E-state index in [4.69, 9.17) is 21.1 Å². The van der Waals surface area contributed by atoms with Crippen LogP contribution in [0.25, 0.3) is 0 Å². The van der Waals surface area contributed by atoms with Gasteiger partial charge in [0.2, 0.25) is 15.9 Å². The molecule has 0 aliphatic rings. The molecule has 1 aromatic rings. The van der Waals surface area contributed by atoms with Gasteiger partial charge >= 0.3 is 0 Å². The maximum absolute atomic E-state index is 12.3. The number of nitrogens with one attached hydrogen (secondary N) is 2. The quantitative estimate of drug-likeness (QED) is 0.602. The average molecular weight is 379 g/mol. The predicted molar refractivity (Wildman–Crippen MR) is 91.9 cm³/mol. The Morgan fingerprint density at radius 2 is 2.08 bits per heavy atom. The van der Waals surface area contributed by atoms with Crippen LogP contribution in [0.15, 0.2) is 23.1 Å². The molecule has 0 aromatic heterocycles. The van der Waals surface area contributed by atoms with Gasteiger partial charge in [0.05, 0.1) is 22.6 Å². The Kier molecular flexibility index (Phi) is 8.47. The molecule has 0 heterocycles. The van der Waals surface area contributed by atoms with Gasteiger partial charge in [-0.2, -0.15) is 4.72 Å². The number of carbonyl (C=O) groups excluding carboxylic acids is 1. The Morgan fingerprint density at radius 1 is 1.38 bits per heavy atom. The number of sulfonamides is 1. The molecule has 0 saturated heterocycles. The molecule has 9 heteroatoms. The lowest BCUT2D eigenvalue weighted by Crippen LogP contribution is -2.45. The van der Waals surface area contributed by atoms with Crippen molar-refractivity contribution in [1.29, 1.82) is 0 Å². The molecule has 2 N–H and O–H groups in total. The Morgan fingerprint density at radius 3 is 2.67 bits per heavy atom. The Balaban J connectivity index is 2.71. The molecular formula is C15H23ClN2O5S. The van der Waals surface area contributed by atoms with E-state index in [0.29, 0.717) is 31.9 Å². The van der Waals surface area contributed by atoms with Crippen LogP contribution in [0, 0.1) is 0 Å². The standard InChI is InChI=1S/C15H23ClN2O5S/c1-4-23-14-7-6-12(10-13(14)16)24(20,21)18-11(2)15(19)17-8-5-9-22-3/h6-7,10-11,18H,4-5,8-9H2,1-3H3,(H,17,19)/t11-/m0/s1. The van der Waals surface area contributed by atoms with Crippen molar-refractivity contribution in [2.75, 3.05) is 26.9 Å². The van der Waals surface area contributed by atoms with Gasteiger partial charge in [-0.15, -0.1) is 0 Å². The smallest absolute Gasteiger partial charge is 0.241 e. The summed E-state index contributed by atoms with van der Waals surface area (Å²) in [6.45, 7) is 4.62. The zero-order valence-electron chi connectivity index (χ0n) is 14.0. The van der Waals surface area contributed by atoms with E-state index in [-0.39, 0.29) is 9.92 Å². The minimum atomic E-state index is -3.87. The van der Waals surface area contributed by atoms with Crippen LogP contribution in [0.4, 0.5) is 0 Å². The number of methoxy groups -OCH3 is 1. The van der Waals surface area contributed by atoms with Crippen molar-refractivity contribution in [1.82, 2.24) is 10.0 Å². The third-order valence-electron chi connectivity index (χ3n) is 3.06. The summed E-state index contributed by atoms with van der Waals surface area (Å²) in [5.74, 6) is -0.00578. The lowest BCUT2D eigenvalue weighted by atomic mass is 10.3. The molecule has 0 aliphatic heterocycles. The molecule has 0 unspecified atom stereocenters. The van der Waals surface area contributed by atoms with E-state index in [1.54, 1.807) is 14.0 Å². The summed E-state index contributed by atoms with van der Waals surface area (Å²) in [5, 5.41) is 2.83. The van der Waals surface area contributed by atoms with E-state index in [2.05, 4.69) is 10.0 Å². The second-order valence-corrected chi connectivity index (χ2v) is 7.13. The fourth-order valence-corrected chi connectivity index (χ4v) is 3.39. The molecular weight excluding hydrogens is 356 g/mol. The lowest BCUT2D eigenvalue weighted by molar-refractivity contribution is -0.122. The van der Waals surface area contributed by atoms with Crippen molar-refractivity contribution in [2.24, 2.45) is 0 Å². The Labute approximate surface area is 147 Å². The van der Waals surface area contributed by atoms with Crippen molar-refractivity contribution < 1.29 is 22.7 Å². The van der Waals surface area contributed by atoms with Gasteiger partial charge in [-0.05, 0) is 38.5 Å². The van der Waals surface area contributed by atoms with Crippen molar-refractivity contribution in [3.8, 4) is 5.75 Å². The topological polar surface area (TPSA) is 93.7 Å². The molecule has 24 heavy (non-hydrogen) atoms. The van der Waals surface area contributed by atoms with Crippen LogP contribution in [0.1, 0.15) is 20.3 Å². The molecule has 0 saturated carbocycles. The first-order chi connectivity index (χ1) is 11.3. The molecule has 7 nitrogen and oxygen atoms in total. The van der Waals surface area contributed by atoms with Crippen LogP contribution in [0.5, 0.6) is 5.75 Å². The van der Waals surface area contributed by atoms with Crippen molar-refractivity contribution in [3.63, 3.8) is 0 Å². The monoisotopic (exact) mass is 378 g/mol. The van der Waals surface area contributed by atoms with E-state index in [9.17, 15) is 13.2 Å². The van der Waals surface area contributed by atoms with Gasteiger partial charge in [-0.25, -0.2) is 8.42 Å². The summed E-state index contributed by atoms with van der Waals surface area (Å²) in [6, 6.07) is 3.24. The zero-order valence-corrected chi connectivity index (χ0v) is 15.5. The van der Waals surface area contributed by atoms with Gasteiger partial charge in [0.25, 0.3) is 0 Å². The number of amides is 1. The molecule has 136 valence electrons. The van der Waals surface area contributed by atoms with Gasteiger partial charge in [0.1, 0.15) is 5.75 Å². The van der Waals surface area contributed by atoms with Crippen molar-refractivity contribution >= 4 is 27.5 Å². The van der Waals surface area contributed by atoms with Crippen LogP contribution in [-0.2, 0) is 19.6 Å². The molecule has 1 atom stereocenters. The highest BCUT2D eigenvalue weighted by atomic mass is 35.5. The number of hydrogen-bond donors (Lipinski definition) is 2. The summed E-state index contributed by atoms with van der Waals surface area (Å²) in [4.78, 5) is 11.9. The van der Waals surface area contributed by atoms with Gasteiger partial charge in [0.15, 0.2) is 0 Å². The van der Waals surface area contributed by atoms with Gasteiger partial charge < -0.3 is 14.8 Å². The van der Waals surface area contributed by atoms with Gasteiger partial charge in [0, 0.05) is 20.3 Å². The Hall–Kier alpha value is -1.35. The normalized spacial score (nSPS) is 12.7. The van der Waals surface area contributed by atoms with Gasteiger partial charge in [-0.1, -0.05) is 11.6 Å². The van der Waals surface area contributed by atoms with Crippen LogP contribution in [0.2, 0.25) is 5.02 Å². The SMILES string of the molecule is CCOc1ccc(S(=O)(=O)N[C@@H](C)C(=O)NCCCOC)cc1Cl. The highest BCUT2D eigenvalue weighted by Crippen LogP contribution is 2.27. The number of carbonyl (C=O) groups is 1. The summed E-state index contributed by atoms with van der Waals surface area (Å²) >= 11 is 6.00. The van der Waals surface area contributed by atoms with E-state index >= 15 is 0 Å². The van der Waals surface area contributed by atoms with Crippen LogP contribution >= 0.6 is 11.6 Å². The molecule has 0 aliphatic carbocycles. The lowest BCUT2D eigenvalue weighted by Gasteiger charge is -2.15. The summed E-state index contributed by atoms with van der Waals surface area (Å²) in [6.07, 6.45) is 0.649. The van der Waals surface area contributed by atoms with Crippen molar-refractivity contribution in [3.05, 3.63) is 23.2 Å². The van der Waals surface area contributed by atoms with Gasteiger partial charge in [-0.3, -0.25) is 4.79 Å². The number of ether oxygens (including phenoxy) is 2. The first-order valence-electron chi connectivity index (χ1n) is 7.53. The van der Waals surface area contributed by atoms with E-state index in [1.807, 2.05) is 0 Å². The fraction of sp³-hybridized carbons (Fsp3) is 0.533. The maximum atomic E-state index is 12.3. The summed E-state index contributed by atoms with van der Waals surface area (Å²) < 4.78 is 37.1. The number of rotatable bonds is 10. The van der Waals surface area contributed by atoms with Crippen LogP contribution in [-0.4, -0.2) is 47.2 Å². The second-order valence-electron chi connectivity index (χ2n) is 5.01. The Bertz CT molecular complexity index is 651. The average Bonchev–Trinajstić information content (AvgIpc) is 2.53. The molecule has 0 bridgehead atoms. The molecule has 0 radical (unpaired) electrons. The third-order valence-corrected chi connectivity index (χ3v) is 4.90.